The Morgan fingerprint density at radius 3 is 1.41 bits per heavy atom. The van der Waals surface area contributed by atoms with Gasteiger partial charge in [-0.2, -0.15) is 0 Å². The van der Waals surface area contributed by atoms with Crippen LogP contribution in [0.4, 0.5) is 43.3 Å². The maximum absolute atomic E-state index is 13.0. The van der Waals surface area contributed by atoms with E-state index in [4.69, 9.17) is 27.9 Å². The van der Waals surface area contributed by atoms with Gasteiger partial charge in [0.15, 0.2) is 0 Å². The number of halogens is 2. The third-order valence-electron chi connectivity index (χ3n) is 25.3. The molecule has 4 saturated heterocycles. The Morgan fingerprint density at radius 2 is 0.932 bits per heavy atom. The third kappa shape index (κ3) is 21.7. The number of rotatable bonds is 17. The van der Waals surface area contributed by atoms with Gasteiger partial charge in [-0.15, -0.1) is 0 Å². The second-order valence-electron chi connectivity index (χ2n) is 34.3. The summed E-state index contributed by atoms with van der Waals surface area (Å²) in [6.07, 6.45) is 28.5. The summed E-state index contributed by atoms with van der Waals surface area (Å²) in [5, 5.41) is 11.4. The summed E-state index contributed by atoms with van der Waals surface area (Å²) in [6, 6.07) is 49.4. The van der Waals surface area contributed by atoms with E-state index in [0.717, 1.165) is 176 Å². The maximum Gasteiger partial charge on any atom is 0.322 e. The Bertz CT molecular complexity index is 6410. The average Bonchev–Trinajstić information content (AvgIpc) is 1.62. The molecule has 0 unspecified atom stereocenters. The van der Waals surface area contributed by atoms with Crippen molar-refractivity contribution < 1.29 is 23.9 Å². The zero-order valence-electron chi connectivity index (χ0n) is 75.5. The number of allylic oxidation sites excluding steroid dienone is 3. The van der Waals surface area contributed by atoms with Crippen molar-refractivity contribution in [3.8, 4) is 17.0 Å². The van der Waals surface area contributed by atoms with Crippen LogP contribution in [0.1, 0.15) is 118 Å². The van der Waals surface area contributed by atoms with Gasteiger partial charge in [-0.05, 0) is 205 Å². The quantitative estimate of drug-likeness (QED) is 0.0658. The van der Waals surface area contributed by atoms with E-state index in [2.05, 4.69) is 184 Å². The van der Waals surface area contributed by atoms with Gasteiger partial charge in [-0.1, -0.05) is 96.4 Å². The first-order valence-corrected chi connectivity index (χ1v) is 45.8. The van der Waals surface area contributed by atoms with Crippen LogP contribution in [0.15, 0.2) is 220 Å². The summed E-state index contributed by atoms with van der Waals surface area (Å²) < 4.78 is 5.32. The third-order valence-corrected chi connectivity index (χ3v) is 25.8. The molecule has 13 aromatic rings. The topological polar surface area (TPSA) is 310 Å². The molecular weight excluding hydrogens is 1710 g/mol. The van der Waals surface area contributed by atoms with Crippen molar-refractivity contribution in [1.29, 1.82) is 0 Å². The summed E-state index contributed by atoms with van der Waals surface area (Å²) in [5.41, 5.74) is 22.4. The van der Waals surface area contributed by atoms with Crippen molar-refractivity contribution in [1.82, 2.24) is 95.0 Å². The van der Waals surface area contributed by atoms with Crippen LogP contribution < -0.4 is 40.3 Å². The Kier molecular flexibility index (Phi) is 28.3. The molecule has 4 fully saturated rings. The van der Waals surface area contributed by atoms with Crippen LogP contribution in [0.3, 0.4) is 0 Å². The Balaban J connectivity index is 0.000000124. The summed E-state index contributed by atoms with van der Waals surface area (Å²) >= 11 is 12.1. The molecule has 4 atom stereocenters. The number of pyridine rings is 4. The highest BCUT2D eigenvalue weighted by Crippen LogP contribution is 2.40. The zero-order valence-corrected chi connectivity index (χ0v) is 77.0. The lowest BCUT2D eigenvalue weighted by atomic mass is 9.97. The molecule has 3 aliphatic carbocycles. The Morgan fingerprint density at radius 1 is 0.459 bits per heavy atom. The molecule has 4 aromatic carbocycles. The highest BCUT2D eigenvalue weighted by atomic mass is 35.5. The molecule has 9 aromatic heterocycles. The largest absolute Gasteiger partial charge is 0.497 e. The van der Waals surface area contributed by atoms with E-state index in [1.54, 1.807) is 38.6 Å². The van der Waals surface area contributed by atoms with Crippen LogP contribution in [-0.2, 0) is 37.1 Å². The van der Waals surface area contributed by atoms with Crippen LogP contribution in [-0.4, -0.2) is 219 Å². The van der Waals surface area contributed by atoms with Crippen LogP contribution in [0.2, 0.25) is 10.0 Å². The standard InChI is InChI=1S/C27H28ClN5O2.C26H28N6O.C25H25ClN6O.C24H25N7O/c1-18(20-4-3-5-22(15-20)35-2)14-25(34)32-10-12-33(13-11-32)27-23-16-24(31-26(23)29-17-30-27)19-6-8-21(28)9-7-19;1-18-3-5-20(6-4-18)15-28-26(33)32-12-11-31(16-19(32)2)25-23-13-22(14-24(23)29-17-30-25)21-7-9-27-10-8-21;1-17-15-31(9-10-32(17)25(33)28-14-18-3-2-4-21(26)11-18)24-22-12-20(13-23(22)29-16-30-24)19-5-7-27-8-6-19;1-16-3-4-20(13-26-16)29-24(32)31-10-9-30(14-17(31)2)23-21-11-19(12-22(21)27-15-28-23)18-5-7-25-8-6-18/h3-9,15-18H,10-14H2,1-2H3,(H,29,30,31);3-10,13,17,19H,11-12,14-16H2,1-2H3,(H,28,33);2-8,11-12,16-17H,9-10,13-15H2,1H3,(H,28,33);3-8,11,13,15,17H,9-10,12,14H2,1-2H3,(H,29,32)/t18-;19-;2*17-/m1000/s1. The summed E-state index contributed by atoms with van der Waals surface area (Å²) in [6.45, 7) is 22.3. The van der Waals surface area contributed by atoms with Crippen molar-refractivity contribution in [2.24, 2.45) is 0 Å². The molecule has 0 saturated carbocycles. The van der Waals surface area contributed by atoms with E-state index in [1.807, 2.05) is 185 Å². The number of hydrogen-bond donors (Lipinski definition) is 4. The molecule has 0 radical (unpaired) electrons. The first kappa shape index (κ1) is 90.4. The predicted molar refractivity (Wildman–Crippen MR) is 523 cm³/mol. The van der Waals surface area contributed by atoms with Gasteiger partial charge >= 0.3 is 18.1 Å². The van der Waals surface area contributed by atoms with Gasteiger partial charge in [0.1, 0.15) is 60.0 Å². The number of fused-ring (bicyclic) bond motifs is 4. The predicted octanol–water partition coefficient (Wildman–Crippen LogP) is 16.3. The highest BCUT2D eigenvalue weighted by Gasteiger charge is 2.36. The maximum atomic E-state index is 13.0. The molecule has 4 aliphatic heterocycles. The molecule has 0 spiro atoms. The molecule has 678 valence electrons. The molecule has 4 N–H and O–H groups in total. The van der Waals surface area contributed by atoms with E-state index in [1.165, 1.54) is 22.3 Å². The van der Waals surface area contributed by atoms with Crippen LogP contribution in [0.25, 0.3) is 57.2 Å². The number of anilines is 5. The summed E-state index contributed by atoms with van der Waals surface area (Å²) in [7, 11) is 1.66. The van der Waals surface area contributed by atoms with Crippen LogP contribution >= 0.6 is 23.2 Å². The van der Waals surface area contributed by atoms with E-state index in [-0.39, 0.29) is 48.0 Å². The smallest absolute Gasteiger partial charge is 0.322 e. The minimum Gasteiger partial charge on any atom is -0.497 e. The number of H-pyrrole nitrogens is 1. The number of ether oxygens (including phenoxy) is 1. The number of hydrogen-bond acceptors (Lipinski definition) is 21. The zero-order chi connectivity index (χ0) is 92.0. The number of aryl methyl sites for hydroxylation is 2. The number of carbonyl (C=O) groups is 4. The number of methoxy groups -OCH3 is 1. The van der Waals surface area contributed by atoms with Crippen LogP contribution in [0, 0.1) is 13.8 Å². The number of carbonyl (C=O) groups excluding carboxylic acids is 4. The van der Waals surface area contributed by atoms with E-state index in [9.17, 15) is 19.2 Å². The second kappa shape index (κ2) is 41.7. The first-order valence-electron chi connectivity index (χ1n) is 45.0. The molecule has 13 heterocycles. The van der Waals surface area contributed by atoms with Gasteiger partial charge in [0, 0.05) is 217 Å². The number of urea groups is 3. The first-order chi connectivity index (χ1) is 64.8. The number of aromatic amines is 1. The number of benzene rings is 4. The SMILES string of the molecule is COc1cccc([C@H](C)CC(=O)N2CCN(c3ncnc4[nH]c(-c5ccc(Cl)cc5)cc34)CC2)c1.C[C@H]1CN(c2ncnc3c2C=C(c2ccncc2)C3)CCN1C(=O)NCc1cccc(Cl)c1.Cc1ccc(CNC(=O)N2CCN(c3ncnc4c3C=C(c3ccncc3)C4)C[C@@H]2C)cc1.Cc1ccc(NC(=O)N2CCN(c3ncnc4c3C=C(c3ccncc3)C4)C[C@@H]2C)cn1. The van der Waals surface area contributed by atoms with Crippen molar-refractivity contribution in [2.45, 2.75) is 104 Å². The van der Waals surface area contributed by atoms with Crippen molar-refractivity contribution in [2.75, 3.05) is 117 Å². The molecular formula is C102H106Cl2N24O5. The number of nitrogens with one attached hydrogen (secondary N) is 4. The number of aromatic nitrogens is 13. The lowest BCUT2D eigenvalue weighted by Gasteiger charge is -2.40. The van der Waals surface area contributed by atoms with Gasteiger partial charge in [0.2, 0.25) is 5.91 Å². The molecule has 31 heteroatoms. The second-order valence-corrected chi connectivity index (χ2v) is 35.2. The van der Waals surface area contributed by atoms with Crippen molar-refractivity contribution in [3.63, 3.8) is 0 Å². The Labute approximate surface area is 783 Å². The highest BCUT2D eigenvalue weighted by molar-refractivity contribution is 6.31. The summed E-state index contributed by atoms with van der Waals surface area (Å²) in [5.74, 6) is 4.85. The number of piperazine rings is 4. The van der Waals surface area contributed by atoms with Crippen molar-refractivity contribution in [3.05, 3.63) is 309 Å². The van der Waals surface area contributed by atoms with Gasteiger partial charge in [-0.3, -0.25) is 24.7 Å². The van der Waals surface area contributed by atoms with Gasteiger partial charge in [-0.25, -0.2) is 54.3 Å². The Hall–Kier alpha value is -14.6. The molecule has 133 heavy (non-hydrogen) atoms. The van der Waals surface area contributed by atoms with Crippen LogP contribution in [0.5, 0.6) is 5.75 Å². The molecule has 7 aliphatic rings. The van der Waals surface area contributed by atoms with E-state index in [0.29, 0.717) is 87.6 Å². The molecule has 7 amide bonds. The fourth-order valence-corrected chi connectivity index (χ4v) is 18.3. The fraction of sp³-hybridized carbons (Fsp3) is 0.294. The number of nitrogens with zero attached hydrogens (tertiary/aromatic N) is 20. The molecule has 29 nitrogen and oxygen atoms in total. The minimum atomic E-state index is -0.101. The minimum absolute atomic E-state index is 0.0180. The van der Waals surface area contributed by atoms with Gasteiger partial charge < -0.3 is 64.9 Å². The fourth-order valence-electron chi connectivity index (χ4n) is 17.9. The average molecular weight is 1820 g/mol. The normalized spacial score (nSPS) is 16.8. The molecule has 20 rings (SSSR count). The monoisotopic (exact) mass is 1820 g/mol. The number of amides is 7. The van der Waals surface area contributed by atoms with E-state index >= 15 is 0 Å². The lowest BCUT2D eigenvalue weighted by Crippen LogP contribution is -2.56. The van der Waals surface area contributed by atoms with Gasteiger partial charge in [0.25, 0.3) is 0 Å². The summed E-state index contributed by atoms with van der Waals surface area (Å²) in [4.78, 5) is 125. The van der Waals surface area contributed by atoms with E-state index < -0.39 is 0 Å². The molecule has 0 bridgehead atoms. The van der Waals surface area contributed by atoms with Crippen molar-refractivity contribution >= 4 is 122 Å². The lowest BCUT2D eigenvalue weighted by molar-refractivity contribution is -0.131. The van der Waals surface area contributed by atoms with Gasteiger partial charge in [0.05, 0.1) is 41.5 Å².